The highest BCUT2D eigenvalue weighted by Gasteiger charge is 2.34. The Labute approximate surface area is 167 Å². The lowest BCUT2D eigenvalue weighted by Crippen LogP contribution is -2.14. The van der Waals surface area contributed by atoms with Crippen molar-refractivity contribution in [1.82, 2.24) is 0 Å². The first-order chi connectivity index (χ1) is 12.8. The van der Waals surface area contributed by atoms with Crippen LogP contribution < -0.4 is 0 Å². The first kappa shape index (κ1) is 27.3. The summed E-state index contributed by atoms with van der Waals surface area (Å²) in [5, 5.41) is 0. The van der Waals surface area contributed by atoms with E-state index in [4.69, 9.17) is 18.1 Å². The Hall–Kier alpha value is 0.300. The zero-order valence-electron chi connectivity index (χ0n) is 18.3. The molecule has 0 aromatic rings. The maximum Gasteiger partial charge on any atom is 0.333 e. The molecular weight excluding hydrogens is 386 g/mol. The smallest absolute Gasteiger partial charge is 0.309 e. The van der Waals surface area contributed by atoms with Crippen LogP contribution in [0.1, 0.15) is 86.5 Å². The Morgan fingerprint density at radius 2 is 1.07 bits per heavy atom. The molecule has 2 atom stereocenters. The van der Waals surface area contributed by atoms with Crippen molar-refractivity contribution in [2.45, 2.75) is 97.8 Å². The van der Waals surface area contributed by atoms with Crippen molar-refractivity contribution in [1.29, 1.82) is 0 Å². The molecular formula is C19H42O6P2. The second kappa shape index (κ2) is 15.2. The predicted octanol–water partition coefficient (Wildman–Crippen LogP) is 7.03. The van der Waals surface area contributed by atoms with Gasteiger partial charge in [0.2, 0.25) is 0 Å². The van der Waals surface area contributed by atoms with E-state index in [1.54, 1.807) is 0 Å². The minimum absolute atomic E-state index is 0.0437. The van der Waals surface area contributed by atoms with E-state index in [0.29, 0.717) is 26.4 Å². The lowest BCUT2D eigenvalue weighted by Gasteiger charge is -2.26. The first-order valence-corrected chi connectivity index (χ1v) is 13.8. The maximum atomic E-state index is 13.0. The summed E-state index contributed by atoms with van der Waals surface area (Å²) >= 11 is 0. The van der Waals surface area contributed by atoms with Gasteiger partial charge in [-0.2, -0.15) is 0 Å². The van der Waals surface area contributed by atoms with Crippen molar-refractivity contribution >= 4 is 15.2 Å². The van der Waals surface area contributed by atoms with Crippen molar-refractivity contribution in [3.63, 3.8) is 0 Å². The largest absolute Gasteiger partial charge is 0.333 e. The van der Waals surface area contributed by atoms with Gasteiger partial charge in [0, 0.05) is 0 Å². The van der Waals surface area contributed by atoms with E-state index in [9.17, 15) is 9.13 Å². The predicted molar refractivity (Wildman–Crippen MR) is 113 cm³/mol. The van der Waals surface area contributed by atoms with Crippen molar-refractivity contribution in [3.8, 4) is 0 Å². The summed E-state index contributed by atoms with van der Waals surface area (Å²) in [7, 11) is -6.06. The van der Waals surface area contributed by atoms with E-state index in [0.717, 1.165) is 44.9 Å². The molecule has 0 aromatic heterocycles. The minimum Gasteiger partial charge on any atom is -0.309 e. The van der Waals surface area contributed by atoms with Crippen LogP contribution in [-0.2, 0) is 27.2 Å². The third kappa shape index (κ3) is 10.1. The Balaban J connectivity index is 4.53. The normalized spacial score (nSPS) is 15.0. The van der Waals surface area contributed by atoms with Crippen LogP contribution in [-0.4, -0.2) is 37.7 Å². The van der Waals surface area contributed by atoms with E-state index in [2.05, 4.69) is 6.92 Å². The highest BCUT2D eigenvalue weighted by Crippen LogP contribution is 2.56. The molecule has 0 radical (unpaired) electrons. The summed E-state index contributed by atoms with van der Waals surface area (Å²) in [5.41, 5.74) is -0.153. The Kier molecular flexibility index (Phi) is 15.3. The molecule has 2 unspecified atom stereocenters. The van der Waals surface area contributed by atoms with Crippen molar-refractivity contribution in [2.24, 2.45) is 0 Å². The van der Waals surface area contributed by atoms with Crippen molar-refractivity contribution < 1.29 is 27.2 Å². The minimum atomic E-state index is -3.04. The van der Waals surface area contributed by atoms with Crippen LogP contribution in [0.5, 0.6) is 0 Å². The molecule has 0 aliphatic rings. The third-order valence-electron chi connectivity index (χ3n) is 4.50. The van der Waals surface area contributed by atoms with E-state index in [1.807, 2.05) is 34.6 Å². The molecule has 0 N–H and O–H groups in total. The Morgan fingerprint density at radius 1 is 0.630 bits per heavy atom. The summed E-state index contributed by atoms with van der Waals surface area (Å²) in [6, 6.07) is 0. The molecule has 164 valence electrons. The van der Waals surface area contributed by atoms with E-state index in [1.165, 1.54) is 0 Å². The van der Waals surface area contributed by atoms with Gasteiger partial charge in [0.1, 0.15) is 0 Å². The average Bonchev–Trinajstić information content (AvgIpc) is 2.61. The Bertz CT molecular complexity index is 437. The summed E-state index contributed by atoms with van der Waals surface area (Å²) in [4.78, 5) is 0. The van der Waals surface area contributed by atoms with E-state index < -0.39 is 15.2 Å². The van der Waals surface area contributed by atoms with Gasteiger partial charge in [-0.25, -0.2) is 0 Å². The average molecular weight is 428 g/mol. The second-order valence-corrected chi connectivity index (χ2v) is 11.5. The van der Waals surface area contributed by atoms with Crippen LogP contribution in [0.3, 0.4) is 0 Å². The molecule has 0 fully saturated rings. The molecule has 0 rings (SSSR count). The molecule has 0 amide bonds. The third-order valence-corrected chi connectivity index (χ3v) is 9.73. The lowest BCUT2D eigenvalue weighted by atomic mass is 10.1. The van der Waals surface area contributed by atoms with Gasteiger partial charge in [-0.3, -0.25) is 9.13 Å². The van der Waals surface area contributed by atoms with Crippen LogP contribution in [0, 0.1) is 0 Å². The number of unbranched alkanes of at least 4 members (excludes halogenated alkanes) is 2. The standard InChI is InChI=1S/C19H42O6P2/c1-7-15-19(27(21,24-10-4)25-11-5)17-14-12-13-16-18(6)26(20,22-8-2)23-9-3/h18-19H,7-17H2,1-6H3. The number of rotatable bonds is 18. The molecule has 0 spiro atoms. The van der Waals surface area contributed by atoms with Gasteiger partial charge < -0.3 is 18.1 Å². The van der Waals surface area contributed by atoms with Gasteiger partial charge in [0.05, 0.1) is 37.7 Å². The lowest BCUT2D eigenvalue weighted by molar-refractivity contribution is 0.208. The van der Waals surface area contributed by atoms with Gasteiger partial charge in [-0.05, 0) is 47.0 Å². The molecule has 0 bridgehead atoms. The van der Waals surface area contributed by atoms with Crippen molar-refractivity contribution in [2.75, 3.05) is 26.4 Å². The topological polar surface area (TPSA) is 71.1 Å². The fourth-order valence-corrected chi connectivity index (χ4v) is 7.30. The molecule has 0 aliphatic heterocycles. The van der Waals surface area contributed by atoms with Gasteiger partial charge >= 0.3 is 15.2 Å². The molecule has 0 saturated carbocycles. The van der Waals surface area contributed by atoms with Crippen molar-refractivity contribution in [3.05, 3.63) is 0 Å². The zero-order valence-corrected chi connectivity index (χ0v) is 20.1. The number of hydrogen-bond donors (Lipinski definition) is 0. The summed E-state index contributed by atoms with van der Waals surface area (Å²) in [6.07, 6.45) is 6.31. The Morgan fingerprint density at radius 3 is 1.52 bits per heavy atom. The van der Waals surface area contributed by atoms with Crippen LogP contribution in [0.15, 0.2) is 0 Å². The highest BCUT2D eigenvalue weighted by molar-refractivity contribution is 7.54. The molecule has 6 nitrogen and oxygen atoms in total. The molecule has 0 aromatic carbocycles. The quantitative estimate of drug-likeness (QED) is 0.172. The van der Waals surface area contributed by atoms with Gasteiger partial charge in [-0.15, -0.1) is 0 Å². The van der Waals surface area contributed by atoms with Crippen LogP contribution >= 0.6 is 15.2 Å². The second-order valence-electron chi connectivity index (χ2n) is 6.68. The summed E-state index contributed by atoms with van der Waals surface area (Å²) in [6.45, 7) is 13.0. The monoisotopic (exact) mass is 428 g/mol. The first-order valence-electron chi connectivity index (χ1n) is 10.6. The molecule has 0 aliphatic carbocycles. The van der Waals surface area contributed by atoms with Crippen LogP contribution in [0.2, 0.25) is 0 Å². The van der Waals surface area contributed by atoms with E-state index >= 15 is 0 Å². The van der Waals surface area contributed by atoms with Gasteiger partial charge in [0.25, 0.3) is 0 Å². The fourth-order valence-electron chi connectivity index (χ4n) is 3.21. The van der Waals surface area contributed by atoms with Gasteiger partial charge in [0.15, 0.2) is 0 Å². The van der Waals surface area contributed by atoms with Crippen LogP contribution in [0.25, 0.3) is 0 Å². The SMILES string of the molecule is CCCC(CCCCCC(C)P(=O)(OCC)OCC)P(=O)(OCC)OCC. The fraction of sp³-hybridized carbons (Fsp3) is 1.00. The molecule has 27 heavy (non-hydrogen) atoms. The summed E-state index contributed by atoms with van der Waals surface area (Å²) < 4.78 is 47.7. The molecule has 8 heteroatoms. The molecule has 0 heterocycles. The van der Waals surface area contributed by atoms with Gasteiger partial charge in [-0.1, -0.05) is 39.5 Å². The van der Waals surface area contributed by atoms with Crippen LogP contribution in [0.4, 0.5) is 0 Å². The maximum absolute atomic E-state index is 13.0. The highest BCUT2D eigenvalue weighted by atomic mass is 31.2. The number of hydrogen-bond acceptors (Lipinski definition) is 6. The molecule has 0 saturated heterocycles. The summed E-state index contributed by atoms with van der Waals surface area (Å²) in [5.74, 6) is 0. The zero-order chi connectivity index (χ0) is 20.8. The van der Waals surface area contributed by atoms with E-state index in [-0.39, 0.29) is 11.3 Å².